The first-order chi connectivity index (χ1) is 7.20. The zero-order valence-corrected chi connectivity index (χ0v) is 8.77. The third-order valence-electron chi connectivity index (χ3n) is 2.51. The van der Waals surface area contributed by atoms with Gasteiger partial charge in [0.1, 0.15) is 5.82 Å². The van der Waals surface area contributed by atoms with Crippen molar-refractivity contribution >= 4 is 5.97 Å². The van der Waals surface area contributed by atoms with Gasteiger partial charge in [-0.15, -0.1) is 0 Å². The summed E-state index contributed by atoms with van der Waals surface area (Å²) in [5, 5.41) is 0. The van der Waals surface area contributed by atoms with Gasteiger partial charge in [-0.25, -0.2) is 9.78 Å². The Morgan fingerprint density at radius 3 is 3.33 bits per heavy atom. The molecule has 82 valence electrons. The number of aryl methyl sites for hydroxylation is 1. The van der Waals surface area contributed by atoms with Crippen molar-refractivity contribution in [2.45, 2.75) is 32.4 Å². The maximum absolute atomic E-state index is 11.4. The third kappa shape index (κ3) is 2.02. The summed E-state index contributed by atoms with van der Waals surface area (Å²) in [5.41, 5.74) is 6.22. The fourth-order valence-electron chi connectivity index (χ4n) is 1.77. The minimum absolute atomic E-state index is 0.168. The lowest BCUT2D eigenvalue weighted by molar-refractivity contribution is 0.0520. The molecule has 1 unspecified atom stereocenters. The molecule has 2 rings (SSSR count). The molecule has 0 amide bonds. The molecule has 1 aromatic rings. The molecule has 0 saturated carbocycles. The number of hydrogen-bond donors (Lipinski definition) is 1. The topological polar surface area (TPSA) is 70.1 Å². The van der Waals surface area contributed by atoms with Crippen LogP contribution in [0.4, 0.5) is 0 Å². The molecule has 0 aromatic carbocycles. The average Bonchev–Trinajstić information content (AvgIpc) is 2.60. The molecular weight excluding hydrogens is 194 g/mol. The Balaban J connectivity index is 2.19. The van der Waals surface area contributed by atoms with Crippen LogP contribution in [0.3, 0.4) is 0 Å². The van der Waals surface area contributed by atoms with E-state index in [4.69, 9.17) is 10.5 Å². The highest BCUT2D eigenvalue weighted by atomic mass is 16.5. The fraction of sp³-hybridized carbons (Fsp3) is 0.600. The third-order valence-corrected chi connectivity index (χ3v) is 2.51. The van der Waals surface area contributed by atoms with Crippen molar-refractivity contribution in [3.8, 4) is 0 Å². The molecule has 0 bridgehead atoms. The maximum atomic E-state index is 11.4. The number of carbonyl (C=O) groups is 1. The summed E-state index contributed by atoms with van der Waals surface area (Å²) in [6.45, 7) is 2.89. The highest BCUT2D eigenvalue weighted by molar-refractivity contribution is 5.87. The number of carbonyl (C=O) groups excluding carboxylic acids is 1. The Morgan fingerprint density at radius 2 is 2.60 bits per heavy atom. The van der Waals surface area contributed by atoms with E-state index in [1.807, 2.05) is 4.57 Å². The lowest BCUT2D eigenvalue weighted by atomic mass is 10.1. The number of ether oxygens (including phenoxy) is 1. The molecule has 0 fully saturated rings. The Morgan fingerprint density at radius 1 is 1.80 bits per heavy atom. The molecule has 2 heterocycles. The van der Waals surface area contributed by atoms with Gasteiger partial charge >= 0.3 is 5.97 Å². The fourth-order valence-corrected chi connectivity index (χ4v) is 1.77. The standard InChI is InChI=1S/C10H15N3O2/c1-2-15-10(14)8-6-13-5-7(11)3-4-9(13)12-8/h6-7H,2-5,11H2,1H3. The number of rotatable bonds is 2. The van der Waals surface area contributed by atoms with Gasteiger partial charge in [0.15, 0.2) is 5.69 Å². The number of nitrogens with two attached hydrogens (primary N) is 1. The zero-order valence-electron chi connectivity index (χ0n) is 8.77. The van der Waals surface area contributed by atoms with E-state index in [9.17, 15) is 4.79 Å². The number of aromatic nitrogens is 2. The highest BCUT2D eigenvalue weighted by Crippen LogP contribution is 2.14. The maximum Gasteiger partial charge on any atom is 0.358 e. The Hall–Kier alpha value is -1.36. The summed E-state index contributed by atoms with van der Waals surface area (Å²) in [5.74, 6) is 0.577. The minimum atomic E-state index is -0.354. The molecule has 15 heavy (non-hydrogen) atoms. The smallest absolute Gasteiger partial charge is 0.358 e. The van der Waals surface area contributed by atoms with Crippen LogP contribution in [-0.4, -0.2) is 28.2 Å². The second-order valence-electron chi connectivity index (χ2n) is 3.71. The SMILES string of the molecule is CCOC(=O)c1cn2c(n1)CCC(N)C2. The molecule has 5 heteroatoms. The van der Waals surface area contributed by atoms with Gasteiger partial charge in [-0.3, -0.25) is 0 Å². The van der Waals surface area contributed by atoms with Crippen molar-refractivity contribution in [1.29, 1.82) is 0 Å². The number of imidazole rings is 1. The van der Waals surface area contributed by atoms with Crippen molar-refractivity contribution in [3.63, 3.8) is 0 Å². The van der Waals surface area contributed by atoms with Crippen LogP contribution in [0.25, 0.3) is 0 Å². The molecule has 0 aliphatic carbocycles. The van der Waals surface area contributed by atoms with Gasteiger partial charge in [-0.05, 0) is 13.3 Å². The van der Waals surface area contributed by atoms with Crippen molar-refractivity contribution in [2.24, 2.45) is 5.73 Å². The van der Waals surface area contributed by atoms with Crippen molar-refractivity contribution in [3.05, 3.63) is 17.7 Å². The molecule has 1 aliphatic rings. The normalized spacial score (nSPS) is 19.7. The van der Waals surface area contributed by atoms with Gasteiger partial charge in [0, 0.05) is 25.2 Å². The summed E-state index contributed by atoms with van der Waals surface area (Å²) < 4.78 is 6.83. The van der Waals surface area contributed by atoms with E-state index >= 15 is 0 Å². The second kappa shape index (κ2) is 4.02. The highest BCUT2D eigenvalue weighted by Gasteiger charge is 2.20. The van der Waals surface area contributed by atoms with Gasteiger partial charge in [0.2, 0.25) is 0 Å². The number of fused-ring (bicyclic) bond motifs is 1. The molecule has 0 radical (unpaired) electrons. The van der Waals surface area contributed by atoms with Crippen molar-refractivity contribution < 1.29 is 9.53 Å². The number of esters is 1. The molecule has 2 N–H and O–H groups in total. The van der Waals surface area contributed by atoms with Gasteiger partial charge in [-0.1, -0.05) is 0 Å². The summed E-state index contributed by atoms with van der Waals surface area (Å²) in [6.07, 6.45) is 3.49. The summed E-state index contributed by atoms with van der Waals surface area (Å²) in [7, 11) is 0. The Labute approximate surface area is 88.2 Å². The van der Waals surface area contributed by atoms with Crippen LogP contribution in [0.5, 0.6) is 0 Å². The quantitative estimate of drug-likeness (QED) is 0.713. The van der Waals surface area contributed by atoms with E-state index in [0.29, 0.717) is 12.3 Å². The van der Waals surface area contributed by atoms with E-state index in [1.54, 1.807) is 13.1 Å². The lowest BCUT2D eigenvalue weighted by Crippen LogP contribution is -2.31. The second-order valence-corrected chi connectivity index (χ2v) is 3.71. The summed E-state index contributed by atoms with van der Waals surface area (Å²) >= 11 is 0. The van der Waals surface area contributed by atoms with Crippen molar-refractivity contribution in [2.75, 3.05) is 6.61 Å². The summed E-state index contributed by atoms with van der Waals surface area (Å²) in [4.78, 5) is 15.7. The predicted octanol–water partition coefficient (Wildman–Crippen LogP) is 0.333. The van der Waals surface area contributed by atoms with E-state index in [-0.39, 0.29) is 12.0 Å². The molecule has 0 saturated heterocycles. The molecular formula is C10H15N3O2. The van der Waals surface area contributed by atoms with Crippen LogP contribution in [-0.2, 0) is 17.7 Å². The monoisotopic (exact) mass is 209 g/mol. The van der Waals surface area contributed by atoms with Crippen LogP contribution in [0.2, 0.25) is 0 Å². The average molecular weight is 209 g/mol. The Kier molecular flexibility index (Phi) is 2.73. The molecule has 5 nitrogen and oxygen atoms in total. The molecule has 1 aromatic heterocycles. The first-order valence-corrected chi connectivity index (χ1v) is 5.19. The zero-order chi connectivity index (χ0) is 10.8. The van der Waals surface area contributed by atoms with Crippen LogP contribution < -0.4 is 5.73 Å². The van der Waals surface area contributed by atoms with E-state index < -0.39 is 0 Å². The predicted molar refractivity (Wildman–Crippen MR) is 54.5 cm³/mol. The number of nitrogens with zero attached hydrogens (tertiary/aromatic N) is 2. The van der Waals surface area contributed by atoms with Crippen LogP contribution in [0.1, 0.15) is 29.7 Å². The lowest BCUT2D eigenvalue weighted by Gasteiger charge is -2.19. The largest absolute Gasteiger partial charge is 0.461 e. The van der Waals surface area contributed by atoms with E-state index in [0.717, 1.165) is 25.2 Å². The van der Waals surface area contributed by atoms with E-state index in [2.05, 4.69) is 4.98 Å². The first kappa shape index (κ1) is 10.2. The van der Waals surface area contributed by atoms with Gasteiger partial charge < -0.3 is 15.0 Å². The van der Waals surface area contributed by atoms with Crippen molar-refractivity contribution in [1.82, 2.24) is 9.55 Å². The number of hydrogen-bond acceptors (Lipinski definition) is 4. The minimum Gasteiger partial charge on any atom is -0.461 e. The van der Waals surface area contributed by atoms with Crippen LogP contribution >= 0.6 is 0 Å². The first-order valence-electron chi connectivity index (χ1n) is 5.19. The van der Waals surface area contributed by atoms with Crippen LogP contribution in [0, 0.1) is 0 Å². The Bertz CT molecular complexity index is 373. The van der Waals surface area contributed by atoms with Gasteiger partial charge in [0.25, 0.3) is 0 Å². The van der Waals surface area contributed by atoms with E-state index in [1.165, 1.54) is 0 Å². The summed E-state index contributed by atoms with van der Waals surface area (Å²) in [6, 6.07) is 0.168. The molecule has 1 aliphatic heterocycles. The van der Waals surface area contributed by atoms with Crippen LogP contribution in [0.15, 0.2) is 6.20 Å². The molecule has 0 spiro atoms. The van der Waals surface area contributed by atoms with Gasteiger partial charge in [0.05, 0.1) is 6.61 Å². The molecule has 1 atom stereocenters. The van der Waals surface area contributed by atoms with Gasteiger partial charge in [-0.2, -0.15) is 0 Å².